The number of nitrogens with zero attached hydrogens (tertiary/aromatic N) is 4. The molecule has 1 aromatic carbocycles. The number of amides is 2. The minimum absolute atomic E-state index is 0.215. The van der Waals surface area contributed by atoms with Crippen LogP contribution in [0.5, 0.6) is 0 Å². The van der Waals surface area contributed by atoms with Crippen molar-refractivity contribution in [2.24, 2.45) is 0 Å². The molecule has 0 saturated heterocycles. The number of tetrazole rings is 1. The molecule has 0 atom stereocenters. The van der Waals surface area contributed by atoms with Gasteiger partial charge in [-0.25, -0.2) is 4.79 Å². The Labute approximate surface area is 131 Å². The second-order valence-electron chi connectivity index (χ2n) is 5.51. The summed E-state index contributed by atoms with van der Waals surface area (Å²) in [6.45, 7) is 3.84. The molecule has 4 N–H and O–H groups in total. The van der Waals surface area contributed by atoms with Gasteiger partial charge in [-0.2, -0.15) is 10.5 Å². The number of aromatic amines is 1. The fourth-order valence-electron chi connectivity index (χ4n) is 2.34. The van der Waals surface area contributed by atoms with Gasteiger partial charge in [0.2, 0.25) is 5.82 Å². The molecule has 9 nitrogen and oxygen atoms in total. The van der Waals surface area contributed by atoms with Crippen molar-refractivity contribution in [3.8, 4) is 6.07 Å². The lowest BCUT2D eigenvalue weighted by Gasteiger charge is -2.34. The highest BCUT2D eigenvalue weighted by molar-refractivity contribution is 5.94. The normalized spacial score (nSPS) is 15.9. The summed E-state index contributed by atoms with van der Waals surface area (Å²) in [5.41, 5.74) is 2.22. The molecular formula is C14H14N8O. The third kappa shape index (κ3) is 2.82. The number of hydrogen-bond donors (Lipinski definition) is 4. The van der Waals surface area contributed by atoms with Crippen LogP contribution in [0.1, 0.15) is 25.2 Å². The number of nitrogens with one attached hydrogen (secondary N) is 4. The number of urea groups is 1. The van der Waals surface area contributed by atoms with Gasteiger partial charge in [-0.3, -0.25) is 0 Å². The smallest absolute Gasteiger partial charge is 0.319 e. The molecule has 1 aromatic heterocycles. The van der Waals surface area contributed by atoms with Gasteiger partial charge in [-0.15, -0.1) is 10.2 Å². The SMILES string of the molecule is CC1(C)NC(=O)Nc2ccc(NC=C(C#N)c3nn[nH]n3)cc21. The van der Waals surface area contributed by atoms with E-state index in [2.05, 4.69) is 36.6 Å². The zero-order valence-electron chi connectivity index (χ0n) is 12.5. The van der Waals surface area contributed by atoms with E-state index in [1.54, 1.807) is 0 Å². The third-order valence-electron chi connectivity index (χ3n) is 3.46. The van der Waals surface area contributed by atoms with E-state index in [4.69, 9.17) is 5.26 Å². The van der Waals surface area contributed by atoms with Crippen molar-refractivity contribution in [3.63, 3.8) is 0 Å². The lowest BCUT2D eigenvalue weighted by molar-refractivity contribution is 0.239. The molecule has 0 aliphatic carbocycles. The summed E-state index contributed by atoms with van der Waals surface area (Å²) in [6.07, 6.45) is 1.51. The van der Waals surface area contributed by atoms with Crippen molar-refractivity contribution < 1.29 is 4.79 Å². The Morgan fingerprint density at radius 3 is 2.96 bits per heavy atom. The molecule has 0 saturated carbocycles. The maximum atomic E-state index is 11.6. The number of carbonyl (C=O) groups excluding carboxylic acids is 1. The first-order valence-electron chi connectivity index (χ1n) is 6.84. The molecule has 116 valence electrons. The van der Waals surface area contributed by atoms with Crippen molar-refractivity contribution in [1.82, 2.24) is 25.9 Å². The number of aromatic nitrogens is 4. The van der Waals surface area contributed by atoms with Crippen LogP contribution in [0.4, 0.5) is 16.2 Å². The fraction of sp³-hybridized carbons (Fsp3) is 0.214. The molecule has 2 aromatic rings. The Hall–Kier alpha value is -3.41. The number of rotatable bonds is 3. The molecule has 1 aliphatic rings. The summed E-state index contributed by atoms with van der Waals surface area (Å²) in [7, 11) is 0. The van der Waals surface area contributed by atoms with Crippen LogP contribution in [0.15, 0.2) is 24.4 Å². The largest absolute Gasteiger partial charge is 0.360 e. The molecule has 2 amide bonds. The second kappa shape index (κ2) is 5.42. The predicted molar refractivity (Wildman–Crippen MR) is 83.0 cm³/mol. The van der Waals surface area contributed by atoms with Crippen LogP contribution in [-0.2, 0) is 5.54 Å². The highest BCUT2D eigenvalue weighted by atomic mass is 16.2. The number of benzene rings is 1. The van der Waals surface area contributed by atoms with E-state index in [9.17, 15) is 4.79 Å². The standard InChI is InChI=1S/C14H14N8O/c1-14(2)10-5-9(3-4-11(10)17-13(23)18-14)16-7-8(6-15)12-19-21-22-20-12/h3-5,7,16H,1-2H3,(H2,17,18,23)(H,19,20,21,22). The van der Waals surface area contributed by atoms with Crippen molar-refractivity contribution in [1.29, 1.82) is 5.26 Å². The summed E-state index contributed by atoms with van der Waals surface area (Å²) in [5.74, 6) is 0.215. The quantitative estimate of drug-likeness (QED) is 0.636. The predicted octanol–water partition coefficient (Wildman–Crippen LogP) is 1.55. The zero-order valence-corrected chi connectivity index (χ0v) is 12.5. The van der Waals surface area contributed by atoms with Gasteiger partial charge < -0.3 is 16.0 Å². The first kappa shape index (κ1) is 14.5. The lowest BCUT2D eigenvalue weighted by Crippen LogP contribution is -2.47. The van der Waals surface area contributed by atoms with Gasteiger partial charge in [0.1, 0.15) is 11.6 Å². The number of fused-ring (bicyclic) bond motifs is 1. The van der Waals surface area contributed by atoms with Crippen LogP contribution in [0, 0.1) is 11.3 Å². The minimum Gasteiger partial charge on any atom is -0.360 e. The Morgan fingerprint density at radius 1 is 1.43 bits per heavy atom. The van der Waals surface area contributed by atoms with Gasteiger partial charge in [0.15, 0.2) is 0 Å². The van der Waals surface area contributed by atoms with Gasteiger partial charge in [0, 0.05) is 23.1 Å². The Kier molecular flexibility index (Phi) is 3.42. The van der Waals surface area contributed by atoms with Gasteiger partial charge in [0.05, 0.1) is 5.54 Å². The molecule has 0 radical (unpaired) electrons. The summed E-state index contributed by atoms with van der Waals surface area (Å²) in [5, 5.41) is 31.1. The Morgan fingerprint density at radius 2 is 2.26 bits per heavy atom. The average molecular weight is 310 g/mol. The molecule has 23 heavy (non-hydrogen) atoms. The van der Waals surface area contributed by atoms with Gasteiger partial charge in [0.25, 0.3) is 0 Å². The highest BCUT2D eigenvalue weighted by Gasteiger charge is 2.30. The van der Waals surface area contributed by atoms with Crippen molar-refractivity contribution in [2.45, 2.75) is 19.4 Å². The van der Waals surface area contributed by atoms with Crippen molar-refractivity contribution in [2.75, 3.05) is 10.6 Å². The van der Waals surface area contributed by atoms with E-state index >= 15 is 0 Å². The van der Waals surface area contributed by atoms with E-state index < -0.39 is 5.54 Å². The molecule has 3 rings (SSSR count). The molecule has 2 heterocycles. The van der Waals surface area contributed by atoms with E-state index in [0.29, 0.717) is 0 Å². The topological polar surface area (TPSA) is 131 Å². The minimum atomic E-state index is -0.495. The number of H-pyrrole nitrogens is 1. The summed E-state index contributed by atoms with van der Waals surface area (Å²) < 4.78 is 0. The van der Waals surface area contributed by atoms with Crippen molar-refractivity contribution >= 4 is 23.0 Å². The van der Waals surface area contributed by atoms with Crippen molar-refractivity contribution in [3.05, 3.63) is 35.8 Å². The molecule has 9 heteroatoms. The number of carbonyl (C=O) groups is 1. The first-order chi connectivity index (χ1) is 11.0. The van der Waals surface area contributed by atoms with Crippen LogP contribution in [0.25, 0.3) is 5.57 Å². The number of nitriles is 1. The zero-order chi connectivity index (χ0) is 16.4. The van der Waals surface area contributed by atoms with E-state index in [1.165, 1.54) is 6.20 Å². The van der Waals surface area contributed by atoms with Crippen LogP contribution in [-0.4, -0.2) is 26.7 Å². The lowest BCUT2D eigenvalue weighted by atomic mass is 9.90. The summed E-state index contributed by atoms with van der Waals surface area (Å²) in [6, 6.07) is 7.30. The fourth-order valence-corrected chi connectivity index (χ4v) is 2.34. The molecule has 0 spiro atoms. The van der Waals surface area contributed by atoms with Crippen LogP contribution < -0.4 is 16.0 Å². The van der Waals surface area contributed by atoms with Crippen LogP contribution in [0.2, 0.25) is 0 Å². The molecule has 0 unspecified atom stereocenters. The maximum absolute atomic E-state index is 11.6. The molecule has 0 fully saturated rings. The second-order valence-corrected chi connectivity index (χ2v) is 5.51. The van der Waals surface area contributed by atoms with E-state index in [0.717, 1.165) is 16.9 Å². The summed E-state index contributed by atoms with van der Waals surface area (Å²) >= 11 is 0. The molecule has 0 bridgehead atoms. The molecular weight excluding hydrogens is 296 g/mol. The maximum Gasteiger partial charge on any atom is 0.319 e. The average Bonchev–Trinajstić information content (AvgIpc) is 3.02. The number of allylic oxidation sites excluding steroid dienone is 1. The van der Waals surface area contributed by atoms with Gasteiger partial charge >= 0.3 is 6.03 Å². The third-order valence-corrected chi connectivity index (χ3v) is 3.46. The van der Waals surface area contributed by atoms with E-state index in [1.807, 2.05) is 38.1 Å². The summed E-state index contributed by atoms with van der Waals surface area (Å²) in [4.78, 5) is 11.6. The van der Waals surface area contributed by atoms with Crippen LogP contribution >= 0.6 is 0 Å². The first-order valence-corrected chi connectivity index (χ1v) is 6.84. The van der Waals surface area contributed by atoms with Gasteiger partial charge in [-0.1, -0.05) is 0 Å². The highest BCUT2D eigenvalue weighted by Crippen LogP contribution is 2.33. The Bertz CT molecular complexity index is 816. The number of anilines is 2. The Balaban J connectivity index is 1.88. The monoisotopic (exact) mass is 310 g/mol. The number of hydrogen-bond acceptors (Lipinski definition) is 6. The van der Waals surface area contributed by atoms with Crippen LogP contribution in [0.3, 0.4) is 0 Å². The molecule has 1 aliphatic heterocycles. The van der Waals surface area contributed by atoms with Gasteiger partial charge in [-0.05, 0) is 37.3 Å². The van der Waals surface area contributed by atoms with E-state index in [-0.39, 0.29) is 17.4 Å².